The molecular weight excluding hydrogens is 324 g/mol. The van der Waals surface area contributed by atoms with Crippen LogP contribution in [0.4, 0.5) is 0 Å². The molecule has 7 nitrogen and oxygen atoms in total. The van der Waals surface area contributed by atoms with E-state index in [1.165, 1.54) is 28.4 Å². The number of primary amides is 1. The van der Waals surface area contributed by atoms with Crippen LogP contribution in [-0.4, -0.2) is 45.9 Å². The van der Waals surface area contributed by atoms with Crippen molar-refractivity contribution in [3.8, 4) is 6.07 Å². The number of benzene rings is 1. The van der Waals surface area contributed by atoms with E-state index in [0.717, 1.165) is 5.56 Å². The van der Waals surface area contributed by atoms with Crippen LogP contribution in [-0.2, 0) is 23.7 Å². The maximum atomic E-state index is 12.3. The SMILES string of the molecule is COC1(OC)[C@H](/C=C\c2ccccc2)[C@](C#N)(C(N)=O)C1(OC)OC. The summed E-state index contributed by atoms with van der Waals surface area (Å²) < 4.78 is 22.0. The monoisotopic (exact) mass is 346 g/mol. The van der Waals surface area contributed by atoms with Crippen LogP contribution in [0.1, 0.15) is 5.56 Å². The molecule has 1 saturated carbocycles. The quantitative estimate of drug-likeness (QED) is 0.747. The molecule has 1 fully saturated rings. The zero-order valence-corrected chi connectivity index (χ0v) is 14.7. The highest BCUT2D eigenvalue weighted by Crippen LogP contribution is 2.65. The number of nitrogens with two attached hydrogens (primary N) is 1. The first kappa shape index (κ1) is 19.1. The molecule has 0 radical (unpaired) electrons. The first-order valence-corrected chi connectivity index (χ1v) is 7.61. The van der Waals surface area contributed by atoms with Gasteiger partial charge >= 0.3 is 0 Å². The molecule has 25 heavy (non-hydrogen) atoms. The van der Waals surface area contributed by atoms with E-state index in [-0.39, 0.29) is 0 Å². The van der Waals surface area contributed by atoms with Gasteiger partial charge in [-0.2, -0.15) is 5.26 Å². The molecule has 0 heterocycles. The van der Waals surface area contributed by atoms with Crippen LogP contribution in [0.2, 0.25) is 0 Å². The van der Waals surface area contributed by atoms with E-state index in [1.54, 1.807) is 12.2 Å². The van der Waals surface area contributed by atoms with Crippen LogP contribution < -0.4 is 5.73 Å². The van der Waals surface area contributed by atoms with Gasteiger partial charge in [0, 0.05) is 28.4 Å². The zero-order chi connectivity index (χ0) is 18.7. The molecule has 2 N–H and O–H groups in total. The predicted octanol–water partition coefficient (Wildman–Crippen LogP) is 1.30. The maximum Gasteiger partial charge on any atom is 0.253 e. The molecule has 134 valence electrons. The average molecular weight is 346 g/mol. The summed E-state index contributed by atoms with van der Waals surface area (Å²) >= 11 is 0. The van der Waals surface area contributed by atoms with Gasteiger partial charge in [-0.25, -0.2) is 0 Å². The van der Waals surface area contributed by atoms with Gasteiger partial charge in [0.1, 0.15) is 0 Å². The Morgan fingerprint density at radius 1 is 1.12 bits per heavy atom. The second-order valence-corrected chi connectivity index (χ2v) is 5.63. The molecule has 1 aromatic rings. The van der Waals surface area contributed by atoms with Crippen LogP contribution in [0.25, 0.3) is 6.08 Å². The third-order valence-electron chi connectivity index (χ3n) is 4.88. The van der Waals surface area contributed by atoms with Crippen molar-refractivity contribution < 1.29 is 23.7 Å². The van der Waals surface area contributed by atoms with Crippen molar-refractivity contribution in [2.75, 3.05) is 28.4 Å². The minimum absolute atomic E-state index is 0.849. The van der Waals surface area contributed by atoms with Crippen molar-refractivity contribution in [2.45, 2.75) is 11.6 Å². The second-order valence-electron chi connectivity index (χ2n) is 5.63. The van der Waals surface area contributed by atoms with Crippen LogP contribution in [0, 0.1) is 22.7 Å². The van der Waals surface area contributed by atoms with E-state index in [9.17, 15) is 10.1 Å². The first-order valence-electron chi connectivity index (χ1n) is 7.61. The largest absolute Gasteiger partial charge is 0.368 e. The number of nitrogens with zero attached hydrogens (tertiary/aromatic N) is 1. The van der Waals surface area contributed by atoms with E-state index in [4.69, 9.17) is 24.7 Å². The molecule has 0 saturated heterocycles. The summed E-state index contributed by atoms with van der Waals surface area (Å²) in [5.74, 6) is -5.06. The Kier molecular flexibility index (Phi) is 5.30. The Labute approximate surface area is 146 Å². The molecule has 2 rings (SSSR count). The fourth-order valence-corrected chi connectivity index (χ4v) is 3.74. The highest BCUT2D eigenvalue weighted by Gasteiger charge is 2.87. The lowest BCUT2D eigenvalue weighted by atomic mass is 9.50. The van der Waals surface area contributed by atoms with Crippen molar-refractivity contribution in [2.24, 2.45) is 17.1 Å². The van der Waals surface area contributed by atoms with Gasteiger partial charge in [-0.05, 0) is 5.56 Å². The molecule has 0 bridgehead atoms. The summed E-state index contributed by atoms with van der Waals surface area (Å²) in [6.07, 6.45) is 3.42. The first-order chi connectivity index (χ1) is 12.0. The lowest BCUT2D eigenvalue weighted by molar-refractivity contribution is -0.490. The van der Waals surface area contributed by atoms with Gasteiger partial charge in [-0.3, -0.25) is 4.79 Å². The van der Waals surface area contributed by atoms with Crippen molar-refractivity contribution in [1.82, 2.24) is 0 Å². The fourth-order valence-electron chi connectivity index (χ4n) is 3.74. The highest BCUT2D eigenvalue weighted by atomic mass is 16.8. The van der Waals surface area contributed by atoms with Gasteiger partial charge in [0.05, 0.1) is 12.0 Å². The van der Waals surface area contributed by atoms with Crippen LogP contribution >= 0.6 is 0 Å². The Morgan fingerprint density at radius 3 is 2.08 bits per heavy atom. The molecule has 1 aromatic carbocycles. The molecule has 0 spiro atoms. The molecule has 7 heteroatoms. The topological polar surface area (TPSA) is 104 Å². The maximum absolute atomic E-state index is 12.3. The van der Waals surface area contributed by atoms with Gasteiger partial charge in [0.25, 0.3) is 5.79 Å². The van der Waals surface area contributed by atoms with Crippen molar-refractivity contribution in [3.63, 3.8) is 0 Å². The van der Waals surface area contributed by atoms with Gasteiger partial charge < -0.3 is 24.7 Å². The zero-order valence-electron chi connectivity index (χ0n) is 14.7. The molecule has 0 aliphatic heterocycles. The molecule has 1 amide bonds. The summed E-state index contributed by atoms with van der Waals surface area (Å²) in [6, 6.07) is 11.4. The highest BCUT2D eigenvalue weighted by molar-refractivity contribution is 5.88. The van der Waals surface area contributed by atoms with E-state index in [2.05, 4.69) is 0 Å². The van der Waals surface area contributed by atoms with Crippen molar-refractivity contribution in [1.29, 1.82) is 5.26 Å². The van der Waals surface area contributed by atoms with E-state index in [1.807, 2.05) is 36.4 Å². The molecule has 0 aromatic heterocycles. The molecular formula is C18H22N2O5. The summed E-state index contributed by atoms with van der Waals surface area (Å²) in [7, 11) is 5.40. The summed E-state index contributed by atoms with van der Waals surface area (Å²) in [4.78, 5) is 12.3. The number of hydrogen-bond donors (Lipinski definition) is 1. The number of amides is 1. The third kappa shape index (κ3) is 2.23. The molecule has 1 aliphatic carbocycles. The number of carbonyl (C=O) groups excluding carboxylic acids is 1. The summed E-state index contributed by atoms with van der Waals surface area (Å²) in [5, 5.41) is 9.84. The van der Waals surface area contributed by atoms with Gasteiger partial charge in [0.2, 0.25) is 17.1 Å². The molecule has 2 atom stereocenters. The number of ether oxygens (including phenoxy) is 4. The van der Waals surface area contributed by atoms with Crippen LogP contribution in [0.15, 0.2) is 36.4 Å². The normalized spacial score (nSPS) is 26.8. The smallest absolute Gasteiger partial charge is 0.253 e. The van der Waals surface area contributed by atoms with E-state index < -0.39 is 28.8 Å². The second kappa shape index (κ2) is 6.94. The Morgan fingerprint density at radius 2 is 1.68 bits per heavy atom. The number of nitriles is 1. The molecule has 0 unspecified atom stereocenters. The fraction of sp³-hybridized carbons (Fsp3) is 0.444. The van der Waals surface area contributed by atoms with Gasteiger partial charge in [-0.1, -0.05) is 42.5 Å². The Hall–Kier alpha value is -2.24. The van der Waals surface area contributed by atoms with E-state index in [0.29, 0.717) is 0 Å². The minimum Gasteiger partial charge on any atom is -0.368 e. The standard InChI is InChI=1S/C18H22N2O5/c1-22-17(23-2)14(11-10-13-8-6-5-7-9-13)16(12-19,15(20)21)18(17,24-3)25-4/h5-11,14H,1-4H3,(H2,20,21)/b11-10-/t14-,16-/m1/s1. The van der Waals surface area contributed by atoms with Crippen molar-refractivity contribution in [3.05, 3.63) is 42.0 Å². The number of carbonyl (C=O) groups is 1. The van der Waals surface area contributed by atoms with Crippen LogP contribution in [0.3, 0.4) is 0 Å². The lowest BCUT2D eigenvalue weighted by Gasteiger charge is -2.65. The van der Waals surface area contributed by atoms with Crippen molar-refractivity contribution >= 4 is 12.0 Å². The molecule has 1 aliphatic rings. The number of hydrogen-bond acceptors (Lipinski definition) is 6. The van der Waals surface area contributed by atoms with Crippen LogP contribution in [0.5, 0.6) is 0 Å². The number of methoxy groups -OCH3 is 4. The van der Waals surface area contributed by atoms with Gasteiger partial charge in [0.15, 0.2) is 0 Å². The van der Waals surface area contributed by atoms with Gasteiger partial charge in [-0.15, -0.1) is 0 Å². The number of rotatable bonds is 7. The third-order valence-corrected chi connectivity index (χ3v) is 4.88. The summed E-state index contributed by atoms with van der Waals surface area (Å²) in [5.41, 5.74) is 4.65. The minimum atomic E-state index is -1.83. The average Bonchev–Trinajstić information content (AvgIpc) is 2.63. The Bertz CT molecular complexity index is 689. The predicted molar refractivity (Wildman–Crippen MR) is 89.7 cm³/mol. The summed E-state index contributed by atoms with van der Waals surface area (Å²) in [6.45, 7) is 0. The Balaban J connectivity index is 2.63. The lowest BCUT2D eigenvalue weighted by Crippen LogP contribution is -2.86. The van der Waals surface area contributed by atoms with E-state index >= 15 is 0 Å².